The van der Waals surface area contributed by atoms with Gasteiger partial charge in [0.2, 0.25) is 0 Å². The van der Waals surface area contributed by atoms with Crippen molar-refractivity contribution >= 4 is 0 Å². The van der Waals surface area contributed by atoms with E-state index in [4.69, 9.17) is 11.2 Å². The molecule has 1 rings (SSSR count). The van der Waals surface area contributed by atoms with Gasteiger partial charge in [-0.15, -0.1) is 12.3 Å². The minimum Gasteiger partial charge on any atom is -0.493 e. The monoisotopic (exact) mass is 272 g/mol. The van der Waals surface area contributed by atoms with Crippen LogP contribution in [0.4, 0.5) is 0 Å². The van der Waals surface area contributed by atoms with Gasteiger partial charge in [0.1, 0.15) is 5.75 Å². The molecule has 0 amide bonds. The molecule has 0 bridgehead atoms. The minimum atomic E-state index is 0.0676. The molecule has 1 nitrogen and oxygen atoms in total. The van der Waals surface area contributed by atoms with Crippen LogP contribution >= 0.6 is 0 Å². The summed E-state index contributed by atoms with van der Waals surface area (Å²) in [4.78, 5) is 0. The zero-order valence-electron chi connectivity index (χ0n) is 13.8. The van der Waals surface area contributed by atoms with E-state index in [1.807, 2.05) is 0 Å². The molecule has 0 aromatic heterocycles. The van der Waals surface area contributed by atoms with Gasteiger partial charge in [-0.25, -0.2) is 0 Å². The van der Waals surface area contributed by atoms with Crippen LogP contribution in [-0.2, 0) is 5.41 Å². The molecule has 1 atom stereocenters. The van der Waals surface area contributed by atoms with Gasteiger partial charge in [-0.3, -0.25) is 0 Å². The Morgan fingerprint density at radius 2 is 1.85 bits per heavy atom. The van der Waals surface area contributed by atoms with E-state index >= 15 is 0 Å². The summed E-state index contributed by atoms with van der Waals surface area (Å²) in [6.07, 6.45) is 6.20. The molecule has 1 aromatic carbocycles. The van der Waals surface area contributed by atoms with Crippen LogP contribution in [0, 0.1) is 18.3 Å². The van der Waals surface area contributed by atoms with E-state index < -0.39 is 0 Å². The van der Waals surface area contributed by atoms with Crippen molar-refractivity contribution in [2.75, 3.05) is 6.61 Å². The first-order valence-electron chi connectivity index (χ1n) is 7.46. The maximum Gasteiger partial charge on any atom is 0.123 e. The Balaban J connectivity index is 3.11. The highest BCUT2D eigenvalue weighted by Crippen LogP contribution is 2.34. The molecule has 1 unspecified atom stereocenters. The molecule has 20 heavy (non-hydrogen) atoms. The van der Waals surface area contributed by atoms with Crippen molar-refractivity contribution in [2.24, 2.45) is 5.92 Å². The lowest BCUT2D eigenvalue weighted by atomic mass is 9.83. The van der Waals surface area contributed by atoms with Crippen LogP contribution in [0.3, 0.4) is 0 Å². The molecular weight excluding hydrogens is 244 g/mol. The van der Waals surface area contributed by atoms with Crippen molar-refractivity contribution in [3.8, 4) is 18.1 Å². The SMILES string of the molecule is C#CCC(C)c1ccc(OCC(C)C)c(C(C)(C)C)c1. The van der Waals surface area contributed by atoms with E-state index in [0.717, 1.165) is 18.8 Å². The highest BCUT2D eigenvalue weighted by atomic mass is 16.5. The third-order valence-corrected chi connectivity index (χ3v) is 3.38. The Hall–Kier alpha value is -1.42. The minimum absolute atomic E-state index is 0.0676. The molecule has 0 aliphatic rings. The first-order valence-corrected chi connectivity index (χ1v) is 7.46. The molecule has 0 fully saturated rings. The third-order valence-electron chi connectivity index (χ3n) is 3.38. The summed E-state index contributed by atoms with van der Waals surface area (Å²) in [6, 6.07) is 6.51. The lowest BCUT2D eigenvalue weighted by Crippen LogP contribution is -2.16. The van der Waals surface area contributed by atoms with Gasteiger partial charge < -0.3 is 4.74 Å². The van der Waals surface area contributed by atoms with Gasteiger partial charge in [0.05, 0.1) is 6.61 Å². The molecule has 0 saturated heterocycles. The molecule has 0 saturated carbocycles. The Bertz CT molecular complexity index is 472. The smallest absolute Gasteiger partial charge is 0.123 e. The van der Waals surface area contributed by atoms with E-state index in [1.54, 1.807) is 0 Å². The molecule has 0 spiro atoms. The standard InChI is InChI=1S/C19H28O/c1-8-9-15(4)16-10-11-18(20-13-14(2)3)17(12-16)19(5,6)7/h1,10-12,14-15H,9,13H2,2-7H3. The molecule has 1 heteroatoms. The number of terminal acetylenes is 1. The van der Waals surface area contributed by atoms with E-state index in [0.29, 0.717) is 11.8 Å². The number of hydrogen-bond acceptors (Lipinski definition) is 1. The summed E-state index contributed by atoms with van der Waals surface area (Å²) in [6.45, 7) is 13.9. The average molecular weight is 272 g/mol. The molecule has 110 valence electrons. The van der Waals surface area contributed by atoms with E-state index in [9.17, 15) is 0 Å². The fraction of sp³-hybridized carbons (Fsp3) is 0.579. The van der Waals surface area contributed by atoms with E-state index in [2.05, 4.69) is 65.7 Å². The van der Waals surface area contributed by atoms with Gasteiger partial charge in [0, 0.05) is 6.42 Å². The third kappa shape index (κ3) is 4.60. The van der Waals surface area contributed by atoms with Crippen molar-refractivity contribution in [1.29, 1.82) is 0 Å². The normalized spacial score (nSPS) is 13.1. The second-order valence-corrected chi connectivity index (χ2v) is 7.02. The average Bonchev–Trinajstić information content (AvgIpc) is 2.35. The molecule has 0 radical (unpaired) electrons. The van der Waals surface area contributed by atoms with Gasteiger partial charge in [0.25, 0.3) is 0 Å². The van der Waals surface area contributed by atoms with Crippen LogP contribution in [0.1, 0.15) is 65.0 Å². The summed E-state index contributed by atoms with van der Waals surface area (Å²) in [5.41, 5.74) is 2.63. The van der Waals surface area contributed by atoms with Crippen molar-refractivity contribution < 1.29 is 4.74 Å². The van der Waals surface area contributed by atoms with Crippen LogP contribution in [0.25, 0.3) is 0 Å². The van der Waals surface area contributed by atoms with Crippen molar-refractivity contribution in [3.63, 3.8) is 0 Å². The van der Waals surface area contributed by atoms with Crippen LogP contribution in [0.15, 0.2) is 18.2 Å². The lowest BCUT2D eigenvalue weighted by molar-refractivity contribution is 0.265. The van der Waals surface area contributed by atoms with Crippen molar-refractivity contribution in [2.45, 2.75) is 59.3 Å². The molecule has 0 aliphatic heterocycles. The first-order chi connectivity index (χ1) is 9.25. The predicted octanol–water partition coefficient (Wildman–Crippen LogP) is 5.15. The molecule has 1 aromatic rings. The van der Waals surface area contributed by atoms with Gasteiger partial charge >= 0.3 is 0 Å². The molecule has 0 N–H and O–H groups in total. The molecule has 0 heterocycles. The fourth-order valence-corrected chi connectivity index (χ4v) is 2.12. The Kier molecular flexibility index (Phi) is 5.69. The predicted molar refractivity (Wildman–Crippen MR) is 87.3 cm³/mol. The largest absolute Gasteiger partial charge is 0.493 e. The van der Waals surface area contributed by atoms with Crippen LogP contribution in [0.5, 0.6) is 5.75 Å². The molecular formula is C19H28O. The zero-order chi connectivity index (χ0) is 15.3. The van der Waals surface area contributed by atoms with Gasteiger partial charge in [-0.05, 0) is 34.4 Å². The van der Waals surface area contributed by atoms with E-state index in [-0.39, 0.29) is 5.41 Å². The number of hydrogen-bond donors (Lipinski definition) is 0. The van der Waals surface area contributed by atoms with Crippen molar-refractivity contribution in [1.82, 2.24) is 0 Å². The Labute approximate surface area is 124 Å². The summed E-state index contributed by atoms with van der Waals surface area (Å²) < 4.78 is 5.98. The van der Waals surface area contributed by atoms with Gasteiger partial charge in [-0.1, -0.05) is 53.7 Å². The quantitative estimate of drug-likeness (QED) is 0.674. The molecule has 0 aliphatic carbocycles. The maximum absolute atomic E-state index is 5.98. The van der Waals surface area contributed by atoms with Gasteiger partial charge in [-0.2, -0.15) is 0 Å². The maximum atomic E-state index is 5.98. The number of rotatable bonds is 5. The summed E-state index contributed by atoms with van der Waals surface area (Å²) in [7, 11) is 0. The van der Waals surface area contributed by atoms with E-state index in [1.165, 1.54) is 11.1 Å². The van der Waals surface area contributed by atoms with Gasteiger partial charge in [0.15, 0.2) is 0 Å². The first kappa shape index (κ1) is 16.6. The second kappa shape index (κ2) is 6.84. The number of benzene rings is 1. The van der Waals surface area contributed by atoms with Crippen molar-refractivity contribution in [3.05, 3.63) is 29.3 Å². The topological polar surface area (TPSA) is 9.23 Å². The summed E-state index contributed by atoms with van der Waals surface area (Å²) >= 11 is 0. The Morgan fingerprint density at radius 1 is 1.20 bits per heavy atom. The van der Waals surface area contributed by atoms with Crippen LogP contribution in [-0.4, -0.2) is 6.61 Å². The Morgan fingerprint density at radius 3 is 2.35 bits per heavy atom. The highest BCUT2D eigenvalue weighted by Gasteiger charge is 2.20. The summed E-state index contributed by atoms with van der Waals surface area (Å²) in [5, 5.41) is 0. The summed E-state index contributed by atoms with van der Waals surface area (Å²) in [5.74, 6) is 4.67. The fourth-order valence-electron chi connectivity index (χ4n) is 2.12. The second-order valence-electron chi connectivity index (χ2n) is 7.02. The lowest BCUT2D eigenvalue weighted by Gasteiger charge is -2.25. The van der Waals surface area contributed by atoms with Crippen LogP contribution in [0.2, 0.25) is 0 Å². The van der Waals surface area contributed by atoms with Crippen LogP contribution < -0.4 is 4.74 Å². The number of ether oxygens (including phenoxy) is 1. The highest BCUT2D eigenvalue weighted by molar-refractivity contribution is 5.42. The zero-order valence-corrected chi connectivity index (χ0v) is 13.8.